The molecule has 2 rings (SSSR count). The van der Waals surface area contributed by atoms with Gasteiger partial charge in [0.15, 0.2) is 0 Å². The molecule has 2 amide bonds. The maximum Gasteiger partial charge on any atom is 0.225 e. The maximum absolute atomic E-state index is 12.2. The molecule has 4 nitrogen and oxygen atoms in total. The van der Waals surface area contributed by atoms with E-state index >= 15 is 0 Å². The predicted octanol–water partition coefficient (Wildman–Crippen LogP) is 1.65. The summed E-state index contributed by atoms with van der Waals surface area (Å²) >= 11 is 0. The van der Waals surface area contributed by atoms with Crippen molar-refractivity contribution in [1.82, 2.24) is 10.2 Å². The van der Waals surface area contributed by atoms with Crippen molar-refractivity contribution < 1.29 is 9.59 Å². The molecule has 0 aromatic rings. The van der Waals surface area contributed by atoms with Crippen LogP contribution >= 0.6 is 0 Å². The summed E-state index contributed by atoms with van der Waals surface area (Å²) in [5, 5.41) is 3.12. The van der Waals surface area contributed by atoms with E-state index < -0.39 is 0 Å². The summed E-state index contributed by atoms with van der Waals surface area (Å²) in [7, 11) is 0. The Balaban J connectivity index is 1.85. The van der Waals surface area contributed by atoms with E-state index in [0.717, 1.165) is 19.5 Å². The average Bonchev–Trinajstić information content (AvgIpc) is 2.83. The van der Waals surface area contributed by atoms with Gasteiger partial charge in [-0.3, -0.25) is 9.59 Å². The number of amides is 2. The van der Waals surface area contributed by atoms with Gasteiger partial charge in [0.1, 0.15) is 0 Å². The van der Waals surface area contributed by atoms with E-state index in [1.54, 1.807) is 0 Å². The number of carbonyl (C=O) groups is 2. The zero-order valence-corrected chi connectivity index (χ0v) is 12.7. The number of hydrogen-bond donors (Lipinski definition) is 1. The molecule has 0 spiro atoms. The lowest BCUT2D eigenvalue weighted by Crippen LogP contribution is -2.45. The van der Waals surface area contributed by atoms with Gasteiger partial charge in [0.05, 0.1) is 0 Å². The summed E-state index contributed by atoms with van der Waals surface area (Å²) in [6.45, 7) is 11.6. The van der Waals surface area contributed by atoms with Gasteiger partial charge in [-0.1, -0.05) is 20.8 Å². The fourth-order valence-electron chi connectivity index (χ4n) is 2.97. The van der Waals surface area contributed by atoms with Crippen LogP contribution in [-0.2, 0) is 9.59 Å². The third-order valence-electron chi connectivity index (χ3n) is 4.65. The molecule has 4 heteroatoms. The molecule has 1 saturated heterocycles. The Morgan fingerprint density at radius 1 is 1.26 bits per heavy atom. The highest BCUT2D eigenvalue weighted by Gasteiger charge is 2.60. The van der Waals surface area contributed by atoms with E-state index in [1.165, 1.54) is 0 Å². The molecule has 19 heavy (non-hydrogen) atoms. The zero-order valence-electron chi connectivity index (χ0n) is 12.7. The summed E-state index contributed by atoms with van der Waals surface area (Å²) in [5.41, 5.74) is -0.124. The number of fused-ring (bicyclic) bond motifs is 1. The van der Waals surface area contributed by atoms with Gasteiger partial charge in [-0.2, -0.15) is 0 Å². The fraction of sp³-hybridized carbons (Fsp3) is 0.867. The van der Waals surface area contributed by atoms with Crippen LogP contribution in [0.15, 0.2) is 0 Å². The SMILES string of the molecule is CCC(C)(C)NC(=O)C1C2CN(C(=O)C(C)C)CC21. The fourth-order valence-corrected chi connectivity index (χ4v) is 2.97. The Labute approximate surface area is 115 Å². The summed E-state index contributed by atoms with van der Waals surface area (Å²) in [4.78, 5) is 26.0. The van der Waals surface area contributed by atoms with Gasteiger partial charge >= 0.3 is 0 Å². The largest absolute Gasteiger partial charge is 0.351 e. The molecule has 2 atom stereocenters. The first-order valence-corrected chi connectivity index (χ1v) is 7.37. The molecule has 0 aromatic carbocycles. The van der Waals surface area contributed by atoms with Crippen LogP contribution in [0.4, 0.5) is 0 Å². The minimum Gasteiger partial charge on any atom is -0.351 e. The van der Waals surface area contributed by atoms with E-state index in [0.29, 0.717) is 11.8 Å². The second-order valence-electron chi connectivity index (χ2n) is 6.98. The molecule has 1 heterocycles. The number of nitrogens with zero attached hydrogens (tertiary/aromatic N) is 1. The Kier molecular flexibility index (Phi) is 3.63. The van der Waals surface area contributed by atoms with Crippen LogP contribution in [0.2, 0.25) is 0 Å². The molecule has 1 saturated carbocycles. The van der Waals surface area contributed by atoms with Gasteiger partial charge in [-0.25, -0.2) is 0 Å². The number of likely N-dealkylation sites (tertiary alicyclic amines) is 1. The van der Waals surface area contributed by atoms with Gasteiger partial charge < -0.3 is 10.2 Å². The lowest BCUT2D eigenvalue weighted by atomic mass is 10.0. The van der Waals surface area contributed by atoms with Crippen LogP contribution in [0, 0.1) is 23.7 Å². The van der Waals surface area contributed by atoms with Crippen molar-refractivity contribution in [2.45, 2.75) is 46.6 Å². The molecule has 0 aromatic heterocycles. The minimum atomic E-state index is -0.124. The van der Waals surface area contributed by atoms with Crippen molar-refractivity contribution in [2.24, 2.45) is 23.7 Å². The molecule has 0 radical (unpaired) electrons. The molecule has 2 unspecified atom stereocenters. The monoisotopic (exact) mass is 266 g/mol. The van der Waals surface area contributed by atoms with Crippen molar-refractivity contribution in [2.75, 3.05) is 13.1 Å². The van der Waals surface area contributed by atoms with Gasteiger partial charge in [0.2, 0.25) is 11.8 Å². The lowest BCUT2D eigenvalue weighted by molar-refractivity contribution is -0.135. The smallest absolute Gasteiger partial charge is 0.225 e. The first kappa shape index (κ1) is 14.4. The maximum atomic E-state index is 12.2. The normalized spacial score (nSPS) is 29.4. The molecule has 1 aliphatic heterocycles. The number of carbonyl (C=O) groups excluding carboxylic acids is 2. The summed E-state index contributed by atoms with van der Waals surface area (Å²) < 4.78 is 0. The van der Waals surface area contributed by atoms with Crippen molar-refractivity contribution >= 4 is 11.8 Å². The molecule has 1 aliphatic carbocycles. The summed E-state index contributed by atoms with van der Waals surface area (Å²) in [5.74, 6) is 1.40. The van der Waals surface area contributed by atoms with Gasteiger partial charge in [0.25, 0.3) is 0 Å². The summed E-state index contributed by atoms with van der Waals surface area (Å²) in [6, 6.07) is 0. The second-order valence-corrected chi connectivity index (χ2v) is 6.98. The van der Waals surface area contributed by atoms with E-state index in [-0.39, 0.29) is 29.2 Å². The highest BCUT2D eigenvalue weighted by atomic mass is 16.2. The van der Waals surface area contributed by atoms with Crippen LogP contribution in [0.5, 0.6) is 0 Å². The highest BCUT2D eigenvalue weighted by molar-refractivity contribution is 5.84. The Bertz CT molecular complexity index is 378. The highest BCUT2D eigenvalue weighted by Crippen LogP contribution is 2.52. The van der Waals surface area contributed by atoms with Gasteiger partial charge in [0, 0.05) is 30.5 Å². The average molecular weight is 266 g/mol. The molecule has 2 fully saturated rings. The van der Waals surface area contributed by atoms with E-state index in [4.69, 9.17) is 0 Å². The topological polar surface area (TPSA) is 49.4 Å². The number of nitrogens with one attached hydrogen (secondary N) is 1. The second kappa shape index (κ2) is 4.80. The van der Waals surface area contributed by atoms with E-state index in [9.17, 15) is 9.59 Å². The van der Waals surface area contributed by atoms with Crippen LogP contribution < -0.4 is 5.32 Å². The Morgan fingerprint density at radius 3 is 2.21 bits per heavy atom. The number of piperidine rings is 1. The van der Waals surface area contributed by atoms with Crippen molar-refractivity contribution in [3.05, 3.63) is 0 Å². The van der Waals surface area contributed by atoms with Crippen molar-refractivity contribution in [3.63, 3.8) is 0 Å². The summed E-state index contributed by atoms with van der Waals surface area (Å²) in [6.07, 6.45) is 0.929. The van der Waals surface area contributed by atoms with Crippen LogP contribution in [0.1, 0.15) is 41.0 Å². The Morgan fingerprint density at radius 2 is 1.79 bits per heavy atom. The van der Waals surface area contributed by atoms with Crippen molar-refractivity contribution in [3.8, 4) is 0 Å². The third-order valence-corrected chi connectivity index (χ3v) is 4.65. The number of rotatable bonds is 4. The predicted molar refractivity (Wildman–Crippen MR) is 74.4 cm³/mol. The lowest BCUT2D eigenvalue weighted by Gasteiger charge is -2.26. The molecule has 2 aliphatic rings. The number of hydrogen-bond acceptors (Lipinski definition) is 2. The van der Waals surface area contributed by atoms with Crippen molar-refractivity contribution in [1.29, 1.82) is 0 Å². The van der Waals surface area contributed by atoms with Crippen LogP contribution in [0.25, 0.3) is 0 Å². The molecular weight excluding hydrogens is 240 g/mol. The van der Waals surface area contributed by atoms with Crippen LogP contribution in [-0.4, -0.2) is 35.3 Å². The third kappa shape index (κ3) is 2.77. The molecule has 1 N–H and O–H groups in total. The molecule has 0 bridgehead atoms. The first-order chi connectivity index (χ1) is 8.76. The quantitative estimate of drug-likeness (QED) is 0.841. The van der Waals surface area contributed by atoms with E-state index in [2.05, 4.69) is 26.1 Å². The standard InChI is InChI=1S/C15H26N2O2/c1-6-15(4,5)16-13(18)12-10-7-17(8-11(10)12)14(19)9(2)3/h9-12H,6-8H2,1-5H3,(H,16,18). The first-order valence-electron chi connectivity index (χ1n) is 7.37. The minimum absolute atomic E-state index is 0.0591. The van der Waals surface area contributed by atoms with Gasteiger partial charge in [-0.15, -0.1) is 0 Å². The van der Waals surface area contributed by atoms with E-state index in [1.807, 2.05) is 18.7 Å². The zero-order chi connectivity index (χ0) is 14.4. The molecule has 108 valence electrons. The Hall–Kier alpha value is -1.06. The molecular formula is C15H26N2O2. The van der Waals surface area contributed by atoms with Crippen LogP contribution in [0.3, 0.4) is 0 Å². The van der Waals surface area contributed by atoms with Gasteiger partial charge in [-0.05, 0) is 32.1 Å².